The fourth-order valence-electron chi connectivity index (χ4n) is 2.62. The van der Waals surface area contributed by atoms with Crippen molar-refractivity contribution in [3.63, 3.8) is 0 Å². The Bertz CT molecular complexity index is 758. The molecule has 2 amide bonds. The van der Waals surface area contributed by atoms with Crippen molar-refractivity contribution in [3.05, 3.63) is 65.2 Å². The molecule has 6 heteroatoms. The van der Waals surface area contributed by atoms with Gasteiger partial charge in [-0.15, -0.1) is 0 Å². The van der Waals surface area contributed by atoms with Gasteiger partial charge in [-0.1, -0.05) is 32.0 Å². The van der Waals surface area contributed by atoms with Crippen molar-refractivity contribution in [2.75, 3.05) is 13.1 Å². The van der Waals surface area contributed by atoms with Crippen LogP contribution in [-0.2, 0) is 6.54 Å². The van der Waals surface area contributed by atoms with Crippen LogP contribution in [0.15, 0.2) is 42.6 Å². The molecule has 1 aromatic heterocycles. The van der Waals surface area contributed by atoms with Crippen LogP contribution in [0.25, 0.3) is 0 Å². The highest BCUT2D eigenvalue weighted by Crippen LogP contribution is 2.09. The molecule has 0 bridgehead atoms. The highest BCUT2D eigenvalue weighted by molar-refractivity contribution is 5.98. The van der Waals surface area contributed by atoms with Crippen molar-refractivity contribution >= 4 is 11.8 Å². The van der Waals surface area contributed by atoms with E-state index >= 15 is 0 Å². The number of pyridine rings is 1. The molecule has 1 heterocycles. The van der Waals surface area contributed by atoms with Crippen molar-refractivity contribution in [1.82, 2.24) is 15.2 Å². The topological polar surface area (TPSA) is 62.3 Å². The van der Waals surface area contributed by atoms with E-state index in [1.54, 1.807) is 23.1 Å². The van der Waals surface area contributed by atoms with E-state index in [1.807, 2.05) is 13.8 Å². The monoisotopic (exact) mass is 357 g/mol. The molecule has 0 aliphatic heterocycles. The standard InChI is InChI=1S/C20H24FN3O2/c1-3-11-24(12-4-2)20(26)18-13-15(9-10-22-18)19(25)23-14-16-7-5-6-8-17(16)21/h5-10,13H,3-4,11-12,14H2,1-2H3,(H,23,25). The second kappa shape index (κ2) is 9.65. The van der Waals surface area contributed by atoms with Crippen LogP contribution in [0.1, 0.15) is 53.1 Å². The van der Waals surface area contributed by atoms with E-state index in [1.165, 1.54) is 24.4 Å². The number of carbonyl (C=O) groups excluding carboxylic acids is 2. The lowest BCUT2D eigenvalue weighted by Gasteiger charge is -2.21. The minimum atomic E-state index is -0.373. The number of carbonyl (C=O) groups is 2. The largest absolute Gasteiger partial charge is 0.348 e. The lowest BCUT2D eigenvalue weighted by molar-refractivity contribution is 0.0749. The lowest BCUT2D eigenvalue weighted by atomic mass is 10.1. The van der Waals surface area contributed by atoms with E-state index < -0.39 is 0 Å². The van der Waals surface area contributed by atoms with E-state index in [0.717, 1.165) is 12.8 Å². The highest BCUT2D eigenvalue weighted by Gasteiger charge is 2.17. The molecule has 0 unspecified atom stereocenters. The Hall–Kier alpha value is -2.76. The molecule has 0 aliphatic carbocycles. The fourth-order valence-corrected chi connectivity index (χ4v) is 2.62. The molecule has 0 aliphatic rings. The first kappa shape index (κ1) is 19.6. The Morgan fingerprint density at radius 2 is 1.81 bits per heavy atom. The third-order valence-corrected chi connectivity index (χ3v) is 3.91. The average Bonchev–Trinajstić information content (AvgIpc) is 2.66. The first-order chi connectivity index (χ1) is 12.6. The predicted molar refractivity (Wildman–Crippen MR) is 98.3 cm³/mol. The maximum absolute atomic E-state index is 13.6. The molecule has 0 saturated heterocycles. The first-order valence-corrected chi connectivity index (χ1v) is 8.83. The molecule has 0 fully saturated rings. The van der Waals surface area contributed by atoms with E-state index in [4.69, 9.17) is 0 Å². The van der Waals surface area contributed by atoms with E-state index in [0.29, 0.717) is 24.2 Å². The van der Waals surface area contributed by atoms with E-state index in [9.17, 15) is 14.0 Å². The maximum atomic E-state index is 13.6. The molecule has 138 valence electrons. The molecular weight excluding hydrogens is 333 g/mol. The van der Waals surface area contributed by atoms with Crippen LogP contribution < -0.4 is 5.32 Å². The second-order valence-corrected chi connectivity index (χ2v) is 6.00. The molecule has 1 N–H and O–H groups in total. The summed E-state index contributed by atoms with van der Waals surface area (Å²) in [5.41, 5.74) is 0.973. The number of hydrogen-bond donors (Lipinski definition) is 1. The van der Waals surface area contributed by atoms with Gasteiger partial charge in [0.2, 0.25) is 0 Å². The summed E-state index contributed by atoms with van der Waals surface area (Å²) in [6.07, 6.45) is 3.16. The summed E-state index contributed by atoms with van der Waals surface area (Å²) in [5, 5.41) is 2.67. The van der Waals surface area contributed by atoms with Gasteiger partial charge in [0.15, 0.2) is 0 Å². The van der Waals surface area contributed by atoms with Crippen LogP contribution in [0.3, 0.4) is 0 Å². The quantitative estimate of drug-likeness (QED) is 0.787. The summed E-state index contributed by atoms with van der Waals surface area (Å²) < 4.78 is 13.6. The number of amides is 2. The van der Waals surface area contributed by atoms with Crippen molar-refractivity contribution in [2.24, 2.45) is 0 Å². The summed E-state index contributed by atoms with van der Waals surface area (Å²) in [5.74, 6) is -0.923. The summed E-state index contributed by atoms with van der Waals surface area (Å²) >= 11 is 0. The van der Waals surface area contributed by atoms with E-state index in [2.05, 4.69) is 10.3 Å². The zero-order valence-corrected chi connectivity index (χ0v) is 15.2. The number of nitrogens with zero attached hydrogens (tertiary/aromatic N) is 2. The SMILES string of the molecule is CCCN(CCC)C(=O)c1cc(C(=O)NCc2ccccc2F)ccn1. The minimum Gasteiger partial charge on any atom is -0.348 e. The van der Waals surface area contributed by atoms with Gasteiger partial charge >= 0.3 is 0 Å². The predicted octanol–water partition coefficient (Wildman–Crippen LogP) is 3.41. The Kier molecular flexibility index (Phi) is 7.26. The Morgan fingerprint density at radius 3 is 2.46 bits per heavy atom. The second-order valence-electron chi connectivity index (χ2n) is 6.00. The van der Waals surface area contributed by atoms with Gasteiger partial charge in [0.1, 0.15) is 11.5 Å². The average molecular weight is 357 g/mol. The molecule has 0 spiro atoms. The van der Waals surface area contributed by atoms with Crippen molar-refractivity contribution in [3.8, 4) is 0 Å². The third kappa shape index (κ3) is 5.12. The van der Waals surface area contributed by atoms with Crippen molar-refractivity contribution in [2.45, 2.75) is 33.2 Å². The number of benzene rings is 1. The van der Waals surface area contributed by atoms with Gasteiger partial charge in [0.05, 0.1) is 0 Å². The molecule has 26 heavy (non-hydrogen) atoms. The number of rotatable bonds is 8. The Balaban J connectivity index is 2.08. The lowest BCUT2D eigenvalue weighted by Crippen LogP contribution is -2.33. The van der Waals surface area contributed by atoms with Crippen LogP contribution in [0.4, 0.5) is 4.39 Å². The van der Waals surface area contributed by atoms with Crippen molar-refractivity contribution in [1.29, 1.82) is 0 Å². The van der Waals surface area contributed by atoms with Crippen LogP contribution in [0.2, 0.25) is 0 Å². The summed E-state index contributed by atoms with van der Waals surface area (Å²) in [6.45, 7) is 5.40. The summed E-state index contributed by atoms with van der Waals surface area (Å²) in [6, 6.07) is 9.30. The zero-order valence-electron chi connectivity index (χ0n) is 15.2. The number of halogens is 1. The normalized spacial score (nSPS) is 10.4. The smallest absolute Gasteiger partial charge is 0.272 e. The molecule has 5 nitrogen and oxygen atoms in total. The molecule has 0 atom stereocenters. The Morgan fingerprint density at radius 1 is 1.12 bits per heavy atom. The number of nitrogens with one attached hydrogen (secondary N) is 1. The summed E-state index contributed by atoms with van der Waals surface area (Å²) in [7, 11) is 0. The summed E-state index contributed by atoms with van der Waals surface area (Å²) in [4.78, 5) is 30.8. The number of aromatic nitrogens is 1. The first-order valence-electron chi connectivity index (χ1n) is 8.83. The Labute approximate surface area is 153 Å². The van der Waals surface area contributed by atoms with Gasteiger partial charge in [-0.25, -0.2) is 4.39 Å². The minimum absolute atomic E-state index is 0.0783. The van der Waals surface area contributed by atoms with Crippen LogP contribution >= 0.6 is 0 Å². The maximum Gasteiger partial charge on any atom is 0.272 e. The van der Waals surface area contributed by atoms with Crippen LogP contribution in [0.5, 0.6) is 0 Å². The van der Waals surface area contributed by atoms with Crippen LogP contribution in [0, 0.1) is 5.82 Å². The molecular formula is C20H24FN3O2. The van der Waals surface area contributed by atoms with Crippen LogP contribution in [-0.4, -0.2) is 34.8 Å². The number of hydrogen-bond acceptors (Lipinski definition) is 3. The fraction of sp³-hybridized carbons (Fsp3) is 0.350. The molecule has 0 radical (unpaired) electrons. The van der Waals surface area contributed by atoms with E-state index in [-0.39, 0.29) is 29.9 Å². The highest BCUT2D eigenvalue weighted by atomic mass is 19.1. The van der Waals surface area contributed by atoms with Gasteiger partial charge in [-0.2, -0.15) is 0 Å². The molecule has 0 saturated carbocycles. The van der Waals surface area contributed by atoms with Gasteiger partial charge in [-0.3, -0.25) is 14.6 Å². The third-order valence-electron chi connectivity index (χ3n) is 3.91. The van der Waals surface area contributed by atoms with Crippen molar-refractivity contribution < 1.29 is 14.0 Å². The molecule has 1 aromatic carbocycles. The van der Waals surface area contributed by atoms with Gasteiger partial charge in [-0.05, 0) is 31.0 Å². The van der Waals surface area contributed by atoms with Gasteiger partial charge in [0.25, 0.3) is 11.8 Å². The van der Waals surface area contributed by atoms with Gasteiger partial charge in [0, 0.05) is 37.0 Å². The zero-order chi connectivity index (χ0) is 18.9. The molecule has 2 rings (SSSR count). The molecule has 2 aromatic rings. The van der Waals surface area contributed by atoms with Gasteiger partial charge < -0.3 is 10.2 Å².